The van der Waals surface area contributed by atoms with Crippen LogP contribution in [0.2, 0.25) is 6.04 Å². The van der Waals surface area contributed by atoms with E-state index in [0.29, 0.717) is 0 Å². The van der Waals surface area contributed by atoms with Gasteiger partial charge in [-0.2, -0.15) is 0 Å². The maximum Gasteiger partial charge on any atom is 0.342 e. The Morgan fingerprint density at radius 3 is 2.16 bits per heavy atom. The molecule has 19 heavy (non-hydrogen) atoms. The number of unbranched alkanes of at least 4 members (excludes halogenated alkanes) is 1. The van der Waals surface area contributed by atoms with E-state index in [4.69, 9.17) is 8.85 Å². The van der Waals surface area contributed by atoms with Crippen LogP contribution in [0.4, 0.5) is 0 Å². The van der Waals surface area contributed by atoms with Crippen molar-refractivity contribution in [3.05, 3.63) is 35.9 Å². The Balaban J connectivity index is 2.75. The second kappa shape index (κ2) is 9.70. The molecule has 0 radical (unpaired) electrons. The summed E-state index contributed by atoms with van der Waals surface area (Å²) in [6.07, 6.45) is 2.36. The van der Waals surface area contributed by atoms with Gasteiger partial charge in [0.15, 0.2) is 0 Å². The lowest BCUT2D eigenvalue weighted by Gasteiger charge is -2.30. The predicted molar refractivity (Wildman–Crippen MR) is 87.0 cm³/mol. The fourth-order valence-electron chi connectivity index (χ4n) is 2.30. The van der Waals surface area contributed by atoms with Crippen LogP contribution in [0.15, 0.2) is 30.3 Å². The van der Waals surface area contributed by atoms with Gasteiger partial charge >= 0.3 is 8.56 Å². The molecule has 0 aromatic heterocycles. The van der Waals surface area contributed by atoms with Crippen molar-refractivity contribution in [3.63, 3.8) is 0 Å². The molecule has 1 aromatic carbocycles. The van der Waals surface area contributed by atoms with Crippen molar-refractivity contribution in [2.45, 2.75) is 38.8 Å². The SMILES string of the molecule is CCO[Si](CCCCBr)(Cc1ccccc1)OCC. The number of halogens is 1. The van der Waals surface area contributed by atoms with Crippen molar-refractivity contribution < 1.29 is 8.85 Å². The van der Waals surface area contributed by atoms with Gasteiger partial charge in [0.05, 0.1) is 0 Å². The molecule has 1 aromatic rings. The molecule has 0 heterocycles. The summed E-state index contributed by atoms with van der Waals surface area (Å²) in [4.78, 5) is 0. The lowest BCUT2D eigenvalue weighted by atomic mass is 10.2. The highest BCUT2D eigenvalue weighted by Crippen LogP contribution is 2.23. The first-order chi connectivity index (χ1) is 9.26. The van der Waals surface area contributed by atoms with Crippen molar-refractivity contribution in [3.8, 4) is 0 Å². The molecule has 0 spiro atoms. The molecule has 0 bridgehead atoms. The summed E-state index contributed by atoms with van der Waals surface area (Å²) in [5, 5.41) is 1.06. The van der Waals surface area contributed by atoms with Crippen molar-refractivity contribution in [2.75, 3.05) is 18.5 Å². The summed E-state index contributed by atoms with van der Waals surface area (Å²) in [5.74, 6) is 0. The van der Waals surface area contributed by atoms with Gasteiger partial charge in [0.1, 0.15) is 0 Å². The first kappa shape index (κ1) is 16.9. The zero-order valence-electron chi connectivity index (χ0n) is 12.0. The average molecular weight is 345 g/mol. The van der Waals surface area contributed by atoms with E-state index in [1.165, 1.54) is 18.4 Å². The summed E-state index contributed by atoms with van der Waals surface area (Å²) in [6, 6.07) is 12.6. The standard InChI is InChI=1S/C15H25BrO2Si/c1-3-17-19(18-4-2,13-9-8-12-16)14-15-10-6-5-7-11-15/h5-7,10-11H,3-4,8-9,12-14H2,1-2H3. The highest BCUT2D eigenvalue weighted by molar-refractivity contribution is 9.09. The molecule has 0 aliphatic heterocycles. The van der Waals surface area contributed by atoms with Crippen LogP contribution in [0.3, 0.4) is 0 Å². The van der Waals surface area contributed by atoms with Gasteiger partial charge in [-0.05, 0) is 31.9 Å². The molecule has 0 fully saturated rings. The van der Waals surface area contributed by atoms with E-state index < -0.39 is 8.56 Å². The molecule has 108 valence electrons. The van der Waals surface area contributed by atoms with E-state index in [1.54, 1.807) is 0 Å². The fraction of sp³-hybridized carbons (Fsp3) is 0.600. The van der Waals surface area contributed by atoms with Crippen molar-refractivity contribution in [1.29, 1.82) is 0 Å². The molecule has 0 saturated carbocycles. The van der Waals surface area contributed by atoms with Crippen LogP contribution >= 0.6 is 15.9 Å². The Labute approximate surface area is 126 Å². The van der Waals surface area contributed by atoms with Crippen molar-refractivity contribution in [2.24, 2.45) is 0 Å². The zero-order valence-corrected chi connectivity index (χ0v) is 14.6. The number of benzene rings is 1. The minimum Gasteiger partial charge on any atom is -0.394 e. The fourth-order valence-corrected chi connectivity index (χ4v) is 6.15. The third-order valence-electron chi connectivity index (χ3n) is 3.07. The third-order valence-corrected chi connectivity index (χ3v) is 7.32. The summed E-state index contributed by atoms with van der Waals surface area (Å²) >= 11 is 3.50. The van der Waals surface area contributed by atoms with Gasteiger partial charge in [-0.15, -0.1) is 0 Å². The molecular weight excluding hydrogens is 320 g/mol. The van der Waals surface area contributed by atoms with Crippen molar-refractivity contribution >= 4 is 24.5 Å². The van der Waals surface area contributed by atoms with E-state index in [9.17, 15) is 0 Å². The Bertz CT molecular complexity index is 326. The van der Waals surface area contributed by atoms with Crippen LogP contribution in [-0.2, 0) is 14.9 Å². The topological polar surface area (TPSA) is 18.5 Å². The van der Waals surface area contributed by atoms with Crippen LogP contribution in [0.5, 0.6) is 0 Å². The molecular formula is C15H25BrO2Si. The normalized spacial score (nSPS) is 11.7. The van der Waals surface area contributed by atoms with E-state index in [0.717, 1.165) is 30.6 Å². The van der Waals surface area contributed by atoms with E-state index in [2.05, 4.69) is 60.1 Å². The Morgan fingerprint density at radius 1 is 1.00 bits per heavy atom. The molecule has 2 nitrogen and oxygen atoms in total. The molecule has 1 rings (SSSR count). The van der Waals surface area contributed by atoms with Crippen LogP contribution in [0.1, 0.15) is 32.3 Å². The minimum atomic E-state index is -2.09. The molecule has 0 unspecified atom stereocenters. The molecule has 0 saturated heterocycles. The highest BCUT2D eigenvalue weighted by Gasteiger charge is 2.36. The maximum absolute atomic E-state index is 6.12. The zero-order chi connectivity index (χ0) is 14.0. The average Bonchev–Trinajstić information content (AvgIpc) is 2.41. The van der Waals surface area contributed by atoms with Gasteiger partial charge in [0, 0.05) is 24.6 Å². The quantitative estimate of drug-likeness (QED) is 0.354. The number of hydrogen-bond donors (Lipinski definition) is 0. The second-order valence-electron chi connectivity index (χ2n) is 4.59. The lowest BCUT2D eigenvalue weighted by molar-refractivity contribution is 0.181. The summed E-state index contributed by atoms with van der Waals surface area (Å²) in [7, 11) is -2.09. The van der Waals surface area contributed by atoms with Crippen LogP contribution < -0.4 is 0 Å². The van der Waals surface area contributed by atoms with Crippen LogP contribution in [0, 0.1) is 0 Å². The van der Waals surface area contributed by atoms with E-state index in [1.807, 2.05) is 0 Å². The summed E-state index contributed by atoms with van der Waals surface area (Å²) < 4.78 is 12.2. The van der Waals surface area contributed by atoms with E-state index in [-0.39, 0.29) is 0 Å². The van der Waals surface area contributed by atoms with Crippen molar-refractivity contribution in [1.82, 2.24) is 0 Å². The van der Waals surface area contributed by atoms with Gasteiger partial charge in [0.2, 0.25) is 0 Å². The smallest absolute Gasteiger partial charge is 0.342 e. The lowest BCUT2D eigenvalue weighted by Crippen LogP contribution is -2.45. The molecule has 0 N–H and O–H groups in total. The largest absolute Gasteiger partial charge is 0.394 e. The minimum absolute atomic E-state index is 0.743. The van der Waals surface area contributed by atoms with Crippen LogP contribution in [0.25, 0.3) is 0 Å². The Kier molecular flexibility index (Phi) is 8.62. The number of rotatable bonds is 10. The molecule has 0 aliphatic carbocycles. The molecule has 0 aliphatic rings. The van der Waals surface area contributed by atoms with Crippen LogP contribution in [-0.4, -0.2) is 27.1 Å². The monoisotopic (exact) mass is 344 g/mol. The van der Waals surface area contributed by atoms with Gasteiger partial charge < -0.3 is 8.85 Å². The second-order valence-corrected chi connectivity index (χ2v) is 8.63. The highest BCUT2D eigenvalue weighted by atomic mass is 79.9. The van der Waals surface area contributed by atoms with Gasteiger partial charge in [-0.3, -0.25) is 0 Å². The van der Waals surface area contributed by atoms with Gasteiger partial charge in [-0.1, -0.05) is 52.7 Å². The first-order valence-electron chi connectivity index (χ1n) is 7.14. The maximum atomic E-state index is 6.12. The van der Waals surface area contributed by atoms with E-state index >= 15 is 0 Å². The summed E-state index contributed by atoms with van der Waals surface area (Å²) in [5.41, 5.74) is 1.33. The molecule has 4 heteroatoms. The first-order valence-corrected chi connectivity index (χ1v) is 10.5. The Hall–Kier alpha value is -0.163. The molecule has 0 amide bonds. The van der Waals surface area contributed by atoms with Gasteiger partial charge in [-0.25, -0.2) is 0 Å². The predicted octanol–water partition coefficient (Wildman–Crippen LogP) is 4.46. The number of alkyl halides is 1. The van der Waals surface area contributed by atoms with Gasteiger partial charge in [0.25, 0.3) is 0 Å². The Morgan fingerprint density at radius 2 is 1.63 bits per heavy atom. The number of hydrogen-bond acceptors (Lipinski definition) is 2. The molecule has 0 atom stereocenters. The summed E-state index contributed by atoms with van der Waals surface area (Å²) in [6.45, 7) is 5.62. The third kappa shape index (κ3) is 6.21.